The van der Waals surface area contributed by atoms with Gasteiger partial charge in [0.25, 0.3) is 11.6 Å². The molecule has 26 heavy (non-hydrogen) atoms. The van der Waals surface area contributed by atoms with Gasteiger partial charge >= 0.3 is 0 Å². The average Bonchev–Trinajstić information content (AvgIpc) is 3.17. The van der Waals surface area contributed by atoms with Crippen LogP contribution >= 0.6 is 0 Å². The van der Waals surface area contributed by atoms with Crippen molar-refractivity contribution in [1.29, 1.82) is 0 Å². The van der Waals surface area contributed by atoms with E-state index in [9.17, 15) is 14.9 Å². The average molecular weight is 353 g/mol. The van der Waals surface area contributed by atoms with Gasteiger partial charge in [-0.25, -0.2) is 9.67 Å². The molecule has 9 nitrogen and oxygen atoms in total. The Hall–Kier alpha value is -3.75. The van der Waals surface area contributed by atoms with Gasteiger partial charge < -0.3 is 10.1 Å². The SMILES string of the molecule is CCOc1ccccc1NC(=O)c1ccc(-n2cncn2)c([N+](=O)[O-])c1. The number of para-hydroxylation sites is 2. The fraction of sp³-hybridized carbons (Fsp3) is 0.118. The second-order valence-electron chi connectivity index (χ2n) is 5.18. The lowest BCUT2D eigenvalue weighted by Gasteiger charge is -2.11. The van der Waals surface area contributed by atoms with Crippen LogP contribution < -0.4 is 10.1 Å². The van der Waals surface area contributed by atoms with Crippen LogP contribution in [0.1, 0.15) is 17.3 Å². The molecule has 0 bridgehead atoms. The number of nitrogens with zero attached hydrogens (tertiary/aromatic N) is 4. The van der Waals surface area contributed by atoms with Gasteiger partial charge in [0.1, 0.15) is 24.1 Å². The number of hydrogen-bond donors (Lipinski definition) is 1. The number of hydrogen-bond acceptors (Lipinski definition) is 6. The molecule has 0 fully saturated rings. The van der Waals surface area contributed by atoms with E-state index in [0.717, 1.165) is 0 Å². The van der Waals surface area contributed by atoms with Gasteiger partial charge in [-0.15, -0.1) is 0 Å². The summed E-state index contributed by atoms with van der Waals surface area (Å²) >= 11 is 0. The lowest BCUT2D eigenvalue weighted by atomic mass is 10.1. The number of rotatable bonds is 6. The van der Waals surface area contributed by atoms with Crippen LogP contribution in [-0.4, -0.2) is 32.2 Å². The summed E-state index contributed by atoms with van der Waals surface area (Å²) in [7, 11) is 0. The van der Waals surface area contributed by atoms with Gasteiger partial charge in [0.2, 0.25) is 0 Å². The Morgan fingerprint density at radius 1 is 1.31 bits per heavy atom. The lowest BCUT2D eigenvalue weighted by Crippen LogP contribution is -2.14. The van der Waals surface area contributed by atoms with Crippen molar-refractivity contribution in [3.05, 3.63) is 70.8 Å². The fourth-order valence-corrected chi connectivity index (χ4v) is 2.38. The van der Waals surface area contributed by atoms with Gasteiger partial charge in [0.05, 0.1) is 17.2 Å². The summed E-state index contributed by atoms with van der Waals surface area (Å²) in [5.41, 5.74) is 0.606. The molecular weight excluding hydrogens is 338 g/mol. The number of benzene rings is 2. The first-order valence-corrected chi connectivity index (χ1v) is 7.76. The van der Waals surface area contributed by atoms with E-state index in [1.165, 1.54) is 35.5 Å². The van der Waals surface area contributed by atoms with Crippen molar-refractivity contribution in [2.45, 2.75) is 6.92 Å². The van der Waals surface area contributed by atoms with Crippen molar-refractivity contribution in [3.63, 3.8) is 0 Å². The minimum Gasteiger partial charge on any atom is -0.492 e. The van der Waals surface area contributed by atoms with Gasteiger partial charge in [-0.2, -0.15) is 5.10 Å². The maximum absolute atomic E-state index is 12.5. The van der Waals surface area contributed by atoms with Crippen LogP contribution in [0, 0.1) is 10.1 Å². The van der Waals surface area contributed by atoms with Gasteiger partial charge in [-0.05, 0) is 31.2 Å². The standard InChI is InChI=1S/C17H15N5O4/c1-2-26-16-6-4-3-5-13(16)20-17(23)12-7-8-14(15(9-12)22(24)25)21-11-18-10-19-21/h3-11H,2H2,1H3,(H,20,23). The van der Waals surface area contributed by atoms with E-state index < -0.39 is 10.8 Å². The van der Waals surface area contributed by atoms with Crippen molar-refractivity contribution in [3.8, 4) is 11.4 Å². The Bertz CT molecular complexity index is 940. The van der Waals surface area contributed by atoms with Crippen LogP contribution in [0.15, 0.2) is 55.1 Å². The summed E-state index contributed by atoms with van der Waals surface area (Å²) in [6.45, 7) is 2.29. The summed E-state index contributed by atoms with van der Waals surface area (Å²) < 4.78 is 6.73. The monoisotopic (exact) mass is 353 g/mol. The summed E-state index contributed by atoms with van der Waals surface area (Å²) in [5, 5.41) is 18.0. The number of carbonyl (C=O) groups excluding carboxylic acids is 1. The van der Waals surface area contributed by atoms with E-state index in [0.29, 0.717) is 18.0 Å². The number of nitro groups is 1. The van der Waals surface area contributed by atoms with Crippen LogP contribution in [0.3, 0.4) is 0 Å². The smallest absolute Gasteiger partial charge is 0.295 e. The van der Waals surface area contributed by atoms with Gasteiger partial charge in [-0.1, -0.05) is 12.1 Å². The van der Waals surface area contributed by atoms with E-state index in [4.69, 9.17) is 4.74 Å². The minimum atomic E-state index is -0.568. The molecule has 1 N–H and O–H groups in total. The maximum Gasteiger partial charge on any atom is 0.295 e. The van der Waals surface area contributed by atoms with E-state index in [-0.39, 0.29) is 16.9 Å². The Morgan fingerprint density at radius 3 is 2.81 bits per heavy atom. The summed E-state index contributed by atoms with van der Waals surface area (Å²) in [6.07, 6.45) is 2.62. The molecule has 0 atom stereocenters. The molecule has 1 amide bonds. The van der Waals surface area contributed by atoms with Crippen LogP contribution in [0.25, 0.3) is 5.69 Å². The summed E-state index contributed by atoms with van der Waals surface area (Å²) in [4.78, 5) is 27.1. The molecule has 9 heteroatoms. The highest BCUT2D eigenvalue weighted by atomic mass is 16.6. The quantitative estimate of drug-likeness (QED) is 0.539. The van der Waals surface area contributed by atoms with Crippen molar-refractivity contribution >= 4 is 17.3 Å². The third-order valence-corrected chi connectivity index (χ3v) is 3.53. The second kappa shape index (κ2) is 7.43. The maximum atomic E-state index is 12.5. The predicted octanol–water partition coefficient (Wildman–Crippen LogP) is 2.83. The Morgan fingerprint density at radius 2 is 2.12 bits per heavy atom. The van der Waals surface area contributed by atoms with Crippen molar-refractivity contribution in [2.24, 2.45) is 0 Å². The van der Waals surface area contributed by atoms with Crippen molar-refractivity contribution in [1.82, 2.24) is 14.8 Å². The highest BCUT2D eigenvalue weighted by Crippen LogP contribution is 2.27. The van der Waals surface area contributed by atoms with Crippen LogP contribution in [0.2, 0.25) is 0 Å². The molecule has 3 rings (SSSR count). The Kier molecular flexibility index (Phi) is 4.88. The van der Waals surface area contributed by atoms with E-state index in [1.807, 2.05) is 6.92 Å². The fourth-order valence-electron chi connectivity index (χ4n) is 2.38. The second-order valence-corrected chi connectivity index (χ2v) is 5.18. The molecule has 0 aliphatic rings. The molecule has 1 aromatic heterocycles. The molecule has 0 radical (unpaired) electrons. The number of aromatic nitrogens is 3. The highest BCUT2D eigenvalue weighted by Gasteiger charge is 2.20. The van der Waals surface area contributed by atoms with E-state index in [2.05, 4.69) is 15.4 Å². The number of carbonyl (C=O) groups is 1. The predicted molar refractivity (Wildman–Crippen MR) is 93.6 cm³/mol. The molecule has 3 aromatic rings. The molecule has 0 spiro atoms. The number of nitrogens with one attached hydrogen (secondary N) is 1. The molecule has 0 saturated heterocycles. The largest absolute Gasteiger partial charge is 0.492 e. The zero-order valence-electron chi connectivity index (χ0n) is 13.8. The van der Waals surface area contributed by atoms with Crippen LogP contribution in [-0.2, 0) is 0 Å². The molecule has 0 unspecified atom stereocenters. The summed E-state index contributed by atoms with van der Waals surface area (Å²) in [5.74, 6) is 0.0440. The Balaban J connectivity index is 1.91. The molecule has 2 aromatic carbocycles. The highest BCUT2D eigenvalue weighted by molar-refractivity contribution is 6.05. The van der Waals surface area contributed by atoms with Crippen molar-refractivity contribution in [2.75, 3.05) is 11.9 Å². The van der Waals surface area contributed by atoms with E-state index in [1.54, 1.807) is 24.3 Å². The Labute approximate surface area is 148 Å². The van der Waals surface area contributed by atoms with Crippen LogP contribution in [0.5, 0.6) is 5.75 Å². The van der Waals surface area contributed by atoms with E-state index >= 15 is 0 Å². The lowest BCUT2D eigenvalue weighted by molar-refractivity contribution is -0.384. The van der Waals surface area contributed by atoms with Crippen LogP contribution in [0.4, 0.5) is 11.4 Å². The topological polar surface area (TPSA) is 112 Å². The number of nitro benzene ring substituents is 1. The minimum absolute atomic E-state index is 0.145. The first-order valence-electron chi connectivity index (χ1n) is 7.76. The molecule has 1 heterocycles. The molecule has 0 aliphatic carbocycles. The molecule has 0 saturated carbocycles. The zero-order chi connectivity index (χ0) is 18.5. The number of amides is 1. The van der Waals surface area contributed by atoms with Crippen molar-refractivity contribution < 1.29 is 14.5 Å². The molecule has 0 aliphatic heterocycles. The normalized spacial score (nSPS) is 10.3. The third kappa shape index (κ3) is 3.51. The first-order chi connectivity index (χ1) is 12.6. The zero-order valence-corrected chi connectivity index (χ0v) is 13.8. The first kappa shape index (κ1) is 17.1. The number of anilines is 1. The molecule has 132 valence electrons. The number of ether oxygens (including phenoxy) is 1. The third-order valence-electron chi connectivity index (χ3n) is 3.53. The molecular formula is C17H15N5O4. The summed E-state index contributed by atoms with van der Waals surface area (Å²) in [6, 6.07) is 11.1. The van der Waals surface area contributed by atoms with Gasteiger partial charge in [0.15, 0.2) is 0 Å². The van der Waals surface area contributed by atoms with Gasteiger partial charge in [-0.3, -0.25) is 14.9 Å². The van der Waals surface area contributed by atoms with Gasteiger partial charge in [0, 0.05) is 11.6 Å².